The first-order valence-electron chi connectivity index (χ1n) is 22.7. The van der Waals surface area contributed by atoms with E-state index in [0.717, 1.165) is 74.0 Å². The van der Waals surface area contributed by atoms with E-state index >= 15 is 0 Å². The van der Waals surface area contributed by atoms with E-state index in [0.29, 0.717) is 18.1 Å². The predicted octanol–water partition coefficient (Wildman–Crippen LogP) is 5.60. The van der Waals surface area contributed by atoms with E-state index < -0.39 is 0 Å². The summed E-state index contributed by atoms with van der Waals surface area (Å²) >= 11 is 0. The number of nitrogens with zero attached hydrogens (tertiary/aromatic N) is 4. The third-order valence-corrected chi connectivity index (χ3v) is 14.8. The number of primary amides is 2. The van der Waals surface area contributed by atoms with Gasteiger partial charge < -0.3 is 22.1 Å². The summed E-state index contributed by atoms with van der Waals surface area (Å²) in [7, 11) is 0. The number of hydrogen-bond donors (Lipinski definition) is 4. The number of nitrogens with one attached hydrogen (secondary N) is 2. The van der Waals surface area contributed by atoms with Crippen molar-refractivity contribution >= 4 is 24.2 Å². The van der Waals surface area contributed by atoms with Gasteiger partial charge in [-0.1, -0.05) is 91.0 Å². The van der Waals surface area contributed by atoms with Crippen molar-refractivity contribution in [3.8, 4) is 6.07 Å². The highest BCUT2D eigenvalue weighted by molar-refractivity contribution is 5.85. The molecule has 5 heterocycles. The van der Waals surface area contributed by atoms with Crippen molar-refractivity contribution in [1.82, 2.24) is 25.3 Å². The van der Waals surface area contributed by atoms with Crippen LogP contribution in [0.1, 0.15) is 80.9 Å². The monoisotopic (exact) mass is 832 g/mol. The maximum atomic E-state index is 11.3. The molecule has 11 heteroatoms. The Balaban J connectivity index is 0.000000107. The van der Waals surface area contributed by atoms with E-state index in [1.807, 2.05) is 24.3 Å². The van der Waals surface area contributed by atoms with E-state index in [-0.39, 0.29) is 42.3 Å². The minimum atomic E-state index is -0.192. The van der Waals surface area contributed by atoms with Gasteiger partial charge >= 0.3 is 0 Å². The first-order valence-corrected chi connectivity index (χ1v) is 22.7. The van der Waals surface area contributed by atoms with Crippen LogP contribution < -0.4 is 22.1 Å². The average Bonchev–Trinajstić information content (AvgIpc) is 4.18. The second kappa shape index (κ2) is 19.1. The number of likely N-dealkylation sites (tertiary alicyclic amines) is 3. The molecule has 0 radical (unpaired) electrons. The third-order valence-electron chi connectivity index (χ3n) is 14.8. The first kappa shape index (κ1) is 42.9. The van der Waals surface area contributed by atoms with Gasteiger partial charge in [-0.05, 0) is 124 Å². The quantitative estimate of drug-likeness (QED) is 0.230. The molecule has 10 aliphatic rings. The van der Waals surface area contributed by atoms with Crippen molar-refractivity contribution in [1.29, 1.82) is 5.26 Å². The third kappa shape index (κ3) is 10.8. The fourth-order valence-corrected chi connectivity index (χ4v) is 10.8. The molecule has 60 heavy (non-hydrogen) atoms. The Kier molecular flexibility index (Phi) is 13.6. The first-order chi connectivity index (χ1) is 28.8. The number of piperidine rings is 5. The standard InChI is InChI=1S/C13H16N2O.C13H14N2.C12H15N.C6H10N2O.C5H9N.ClH/c14-13(16)12-7-10-6-11(10)15(12)8-9-4-2-1-3-5-9;14-8-12-6-11-7-13(11)15(12)9-10-4-2-1-3-5-10;1-2-4-10(5-3-1)9-13-7-6-11-8-12(11)13;7-6(9)5-2-3-1-4(3)8-5;1-2-6-5-3-4(1)5;/h1-5,10-12H,6-8H2,(H2,14,16);1-5,11-13H,6-7,9H2;1-5,11-12H,6-9H2;3-5,8H,1-2H2,(H2,7,9);4-6H,1-3H2;1H/t10-,11?,12-;11-,12+,13?;11-,12?;3-,4?,5-;4-,5?;/m01101./s1. The molecule has 5 saturated heterocycles. The smallest absolute Gasteiger partial charge is 0.234 e. The highest BCUT2D eigenvalue weighted by Crippen LogP contribution is 2.49. The molecule has 0 spiro atoms. The molecule has 5 saturated carbocycles. The van der Waals surface area contributed by atoms with Crippen LogP contribution in [0.25, 0.3) is 0 Å². The summed E-state index contributed by atoms with van der Waals surface area (Å²) < 4.78 is 0. The molecule has 3 aromatic rings. The van der Waals surface area contributed by atoms with Crippen molar-refractivity contribution in [3.05, 3.63) is 108 Å². The largest absolute Gasteiger partial charge is 0.368 e. The van der Waals surface area contributed by atoms with Crippen LogP contribution in [-0.4, -0.2) is 87.9 Å². The number of nitriles is 1. The Hall–Kier alpha value is -3.82. The van der Waals surface area contributed by atoms with Gasteiger partial charge in [0.2, 0.25) is 11.8 Å². The van der Waals surface area contributed by atoms with E-state index in [9.17, 15) is 9.59 Å². The molecule has 0 bridgehead atoms. The van der Waals surface area contributed by atoms with Crippen LogP contribution in [0.5, 0.6) is 0 Å². The molecule has 2 amide bonds. The fraction of sp³-hybridized carbons (Fsp3) is 0.571. The van der Waals surface area contributed by atoms with Crippen molar-refractivity contribution in [2.45, 2.75) is 132 Å². The van der Waals surface area contributed by atoms with Gasteiger partial charge in [0.25, 0.3) is 0 Å². The summed E-state index contributed by atoms with van der Waals surface area (Å²) in [4.78, 5) is 29.2. The number of amides is 2. The van der Waals surface area contributed by atoms with Gasteiger partial charge in [-0.25, -0.2) is 0 Å². The molecule has 3 aromatic carbocycles. The normalized spacial score (nSPS) is 36.0. The lowest BCUT2D eigenvalue weighted by Gasteiger charge is -2.24. The summed E-state index contributed by atoms with van der Waals surface area (Å²) in [6.45, 7) is 5.58. The SMILES string of the molecule is C1C[C@@H]2CC2N1.Cl.N#C[C@@H]1C[C@@H]2CC2N1Cc1ccccc1.NC(=O)[C@@H]1C[C@@H]2CC2N1.NC(=O)[C@@H]1C[C@@H]2CC2N1Cc1ccccc1.c1ccc(CN2CC[C@@H]3CC32)cc1. The number of carbonyl (C=O) groups is 2. The summed E-state index contributed by atoms with van der Waals surface area (Å²) in [6, 6.07) is 37.9. The van der Waals surface area contributed by atoms with Crippen LogP contribution >= 0.6 is 12.4 Å². The van der Waals surface area contributed by atoms with Crippen LogP contribution in [0, 0.1) is 40.9 Å². The van der Waals surface area contributed by atoms with E-state index in [1.165, 1.54) is 81.3 Å². The lowest BCUT2D eigenvalue weighted by atomic mass is 10.1. The maximum absolute atomic E-state index is 11.3. The van der Waals surface area contributed by atoms with Crippen molar-refractivity contribution in [2.75, 3.05) is 13.1 Å². The van der Waals surface area contributed by atoms with Crippen molar-refractivity contribution < 1.29 is 9.59 Å². The van der Waals surface area contributed by atoms with Gasteiger partial charge in [-0.3, -0.25) is 24.3 Å². The summed E-state index contributed by atoms with van der Waals surface area (Å²) in [5, 5.41) is 15.6. The minimum absolute atomic E-state index is 0. The fourth-order valence-electron chi connectivity index (χ4n) is 10.8. The molecule has 13 rings (SSSR count). The van der Waals surface area contributed by atoms with Crippen LogP contribution in [0.3, 0.4) is 0 Å². The molecule has 0 aromatic heterocycles. The highest BCUT2D eigenvalue weighted by Gasteiger charge is 2.54. The van der Waals surface area contributed by atoms with Crippen LogP contribution in [0.15, 0.2) is 91.0 Å². The number of benzene rings is 3. The Labute approximate surface area is 363 Å². The van der Waals surface area contributed by atoms with Gasteiger partial charge in [0, 0.05) is 49.8 Å². The Morgan fingerprint density at radius 1 is 0.600 bits per heavy atom. The molecule has 5 aliphatic heterocycles. The number of hydrogen-bond acceptors (Lipinski definition) is 8. The van der Waals surface area contributed by atoms with E-state index in [2.05, 4.69) is 98.1 Å². The number of halogens is 1. The second-order valence-electron chi connectivity index (χ2n) is 19.1. The van der Waals surface area contributed by atoms with Crippen molar-refractivity contribution in [2.24, 2.45) is 41.1 Å². The zero-order chi connectivity index (χ0) is 40.5. The summed E-state index contributed by atoms with van der Waals surface area (Å²) in [5.74, 6) is 4.11. The summed E-state index contributed by atoms with van der Waals surface area (Å²) in [6.07, 6.45) is 12.7. The zero-order valence-corrected chi connectivity index (χ0v) is 35.8. The highest BCUT2D eigenvalue weighted by atomic mass is 35.5. The molecule has 10 fully saturated rings. The molecule has 6 N–H and O–H groups in total. The van der Waals surface area contributed by atoms with Gasteiger partial charge in [0.1, 0.15) is 0 Å². The molecule has 10 nitrogen and oxygen atoms in total. The van der Waals surface area contributed by atoms with Gasteiger partial charge in [-0.15, -0.1) is 12.4 Å². The molecule has 13 atom stereocenters. The summed E-state index contributed by atoms with van der Waals surface area (Å²) in [5.41, 5.74) is 14.6. The molecular formula is C49H65ClN8O2. The second-order valence-corrected chi connectivity index (χ2v) is 19.1. The maximum Gasteiger partial charge on any atom is 0.234 e. The minimum Gasteiger partial charge on any atom is -0.368 e. The number of fused-ring (bicyclic) bond motifs is 5. The lowest BCUT2D eigenvalue weighted by molar-refractivity contribution is -0.123. The van der Waals surface area contributed by atoms with Crippen LogP contribution in [0.4, 0.5) is 0 Å². The van der Waals surface area contributed by atoms with E-state index in [1.54, 1.807) is 0 Å². The van der Waals surface area contributed by atoms with Gasteiger partial charge in [0.05, 0.1) is 24.2 Å². The van der Waals surface area contributed by atoms with Crippen molar-refractivity contribution in [3.63, 3.8) is 0 Å². The number of rotatable bonds is 8. The molecule has 5 unspecified atom stereocenters. The molecule has 320 valence electrons. The van der Waals surface area contributed by atoms with Crippen LogP contribution in [-0.2, 0) is 29.2 Å². The number of carbonyl (C=O) groups excluding carboxylic acids is 2. The zero-order valence-electron chi connectivity index (χ0n) is 34.9. The number of nitrogens with two attached hydrogens (primary N) is 2. The Bertz CT molecular complexity index is 1920. The predicted molar refractivity (Wildman–Crippen MR) is 237 cm³/mol. The Morgan fingerprint density at radius 2 is 1.17 bits per heavy atom. The average molecular weight is 834 g/mol. The van der Waals surface area contributed by atoms with E-state index in [4.69, 9.17) is 16.7 Å². The van der Waals surface area contributed by atoms with Gasteiger partial charge in [0.15, 0.2) is 0 Å². The lowest BCUT2D eigenvalue weighted by Crippen LogP contribution is -2.42. The van der Waals surface area contributed by atoms with Gasteiger partial charge in [-0.2, -0.15) is 5.26 Å². The Morgan fingerprint density at radius 3 is 1.60 bits per heavy atom. The topological polar surface area (TPSA) is 144 Å². The molecular weight excluding hydrogens is 768 g/mol. The molecule has 5 aliphatic carbocycles. The van der Waals surface area contributed by atoms with Crippen LogP contribution in [0.2, 0.25) is 0 Å².